The summed E-state index contributed by atoms with van der Waals surface area (Å²) in [5.41, 5.74) is 2.73. The van der Waals surface area contributed by atoms with Gasteiger partial charge in [0.1, 0.15) is 5.75 Å². The fraction of sp³-hybridized carbons (Fsp3) is 0.250. The average molecular weight is 353 g/mol. The predicted octanol–water partition coefficient (Wildman–Crippen LogP) is 3.08. The van der Waals surface area contributed by atoms with Gasteiger partial charge in [-0.3, -0.25) is 4.79 Å². The summed E-state index contributed by atoms with van der Waals surface area (Å²) < 4.78 is 28.4. The molecule has 0 fully saturated rings. The number of benzene rings is 1. The number of alkyl halides is 2. The molecule has 1 aromatic carbocycles. The number of H-pyrrole nitrogens is 1. The molecule has 2 rings (SSSR count). The van der Waals surface area contributed by atoms with E-state index in [1.54, 1.807) is 12.1 Å². The van der Waals surface area contributed by atoms with Crippen molar-refractivity contribution in [3.8, 4) is 5.75 Å². The Hall–Kier alpha value is -2.48. The summed E-state index contributed by atoms with van der Waals surface area (Å²) in [6, 6.07) is 7.83. The van der Waals surface area contributed by atoms with Crippen molar-refractivity contribution in [1.29, 1.82) is 0 Å². The van der Waals surface area contributed by atoms with Gasteiger partial charge in [-0.1, -0.05) is 0 Å². The third-order valence-corrected chi connectivity index (χ3v) is 3.50. The fourth-order valence-corrected chi connectivity index (χ4v) is 2.35. The van der Waals surface area contributed by atoms with Crippen molar-refractivity contribution in [3.63, 3.8) is 0 Å². The van der Waals surface area contributed by atoms with Gasteiger partial charge in [-0.2, -0.15) is 8.78 Å². The van der Waals surface area contributed by atoms with E-state index in [-0.39, 0.29) is 17.9 Å². The van der Waals surface area contributed by atoms with Crippen LogP contribution in [0.2, 0.25) is 0 Å². The van der Waals surface area contributed by atoms with E-state index in [2.05, 4.69) is 20.4 Å². The Balaban J connectivity index is 1.93. The van der Waals surface area contributed by atoms with Crippen LogP contribution < -0.4 is 20.9 Å². The van der Waals surface area contributed by atoms with Crippen LogP contribution in [0, 0.1) is 13.8 Å². The molecule has 5 nitrogen and oxygen atoms in total. The largest absolute Gasteiger partial charge is 0.435 e. The monoisotopic (exact) mass is 353 g/mol. The highest BCUT2D eigenvalue weighted by molar-refractivity contribution is 7.80. The van der Waals surface area contributed by atoms with Crippen LogP contribution in [-0.4, -0.2) is 16.7 Å². The van der Waals surface area contributed by atoms with Crippen molar-refractivity contribution in [2.75, 3.05) is 5.32 Å². The Bertz CT molecular complexity index is 776. The average Bonchev–Trinajstić information content (AvgIpc) is 2.47. The van der Waals surface area contributed by atoms with Gasteiger partial charge < -0.3 is 20.4 Å². The van der Waals surface area contributed by atoms with E-state index < -0.39 is 6.61 Å². The minimum atomic E-state index is -2.86. The molecular weight excluding hydrogens is 336 g/mol. The van der Waals surface area contributed by atoms with Crippen LogP contribution in [-0.2, 0) is 6.54 Å². The summed E-state index contributed by atoms with van der Waals surface area (Å²) in [6.07, 6.45) is 0. The highest BCUT2D eigenvalue weighted by Gasteiger charge is 2.07. The summed E-state index contributed by atoms with van der Waals surface area (Å²) in [5, 5.41) is 6.17. The molecule has 0 saturated carbocycles. The van der Waals surface area contributed by atoms with Gasteiger partial charge in [0.25, 0.3) is 5.56 Å². The molecule has 0 amide bonds. The third kappa shape index (κ3) is 5.02. The lowest BCUT2D eigenvalue weighted by Gasteiger charge is -2.12. The molecule has 0 aliphatic heterocycles. The molecular formula is C16H17F2N3O2S. The number of nitrogens with one attached hydrogen (secondary N) is 3. The number of pyridine rings is 1. The minimum absolute atomic E-state index is 0.0660. The van der Waals surface area contributed by atoms with E-state index >= 15 is 0 Å². The molecule has 1 aromatic heterocycles. The number of halogens is 2. The van der Waals surface area contributed by atoms with Gasteiger partial charge >= 0.3 is 6.61 Å². The maximum absolute atomic E-state index is 12.1. The normalized spacial score (nSPS) is 10.5. The van der Waals surface area contributed by atoms with Crippen LogP contribution in [0.25, 0.3) is 0 Å². The Morgan fingerprint density at radius 1 is 1.29 bits per heavy atom. The van der Waals surface area contributed by atoms with Crippen LogP contribution in [0.4, 0.5) is 14.5 Å². The van der Waals surface area contributed by atoms with E-state index in [0.29, 0.717) is 16.4 Å². The number of hydrogen-bond acceptors (Lipinski definition) is 3. The first kappa shape index (κ1) is 17.9. The lowest BCUT2D eigenvalue weighted by atomic mass is 10.1. The van der Waals surface area contributed by atoms with Crippen molar-refractivity contribution in [2.24, 2.45) is 0 Å². The SMILES string of the molecule is Cc1cc(C)c(CNC(=S)Nc2ccc(OC(F)F)cc2)c(=O)[nH]1. The molecule has 0 radical (unpaired) electrons. The first-order valence-electron chi connectivity index (χ1n) is 7.14. The third-order valence-electron chi connectivity index (χ3n) is 3.26. The van der Waals surface area contributed by atoms with E-state index in [1.165, 1.54) is 12.1 Å². The number of thiocarbonyl (C=S) groups is 1. The van der Waals surface area contributed by atoms with Crippen molar-refractivity contribution in [3.05, 3.63) is 57.5 Å². The van der Waals surface area contributed by atoms with Crippen molar-refractivity contribution in [2.45, 2.75) is 27.0 Å². The van der Waals surface area contributed by atoms with Crippen molar-refractivity contribution in [1.82, 2.24) is 10.3 Å². The van der Waals surface area contributed by atoms with Crippen LogP contribution in [0.3, 0.4) is 0 Å². The number of rotatable bonds is 5. The summed E-state index contributed by atoms with van der Waals surface area (Å²) >= 11 is 5.16. The van der Waals surface area contributed by atoms with Crippen molar-refractivity contribution >= 4 is 23.0 Å². The summed E-state index contributed by atoms with van der Waals surface area (Å²) in [4.78, 5) is 14.7. The first-order chi connectivity index (χ1) is 11.3. The van der Waals surface area contributed by atoms with Crippen LogP contribution >= 0.6 is 12.2 Å². The number of ether oxygens (including phenoxy) is 1. The number of aromatic amines is 1. The van der Waals surface area contributed by atoms with E-state index in [9.17, 15) is 13.6 Å². The summed E-state index contributed by atoms with van der Waals surface area (Å²) in [5.74, 6) is 0.0660. The zero-order valence-electron chi connectivity index (χ0n) is 13.2. The van der Waals surface area contributed by atoms with Crippen LogP contribution in [0.1, 0.15) is 16.8 Å². The standard InChI is InChI=1S/C16H17F2N3O2S/c1-9-7-10(2)20-14(22)13(9)8-19-16(24)21-11-3-5-12(6-4-11)23-15(17)18/h3-7,15H,8H2,1-2H3,(H,20,22)(H2,19,21,24). The molecule has 0 saturated heterocycles. The maximum atomic E-state index is 12.1. The summed E-state index contributed by atoms with van der Waals surface area (Å²) in [7, 11) is 0. The molecule has 0 aliphatic rings. The van der Waals surface area contributed by atoms with Gasteiger partial charge in [0, 0.05) is 23.5 Å². The molecule has 0 bridgehead atoms. The van der Waals surface area contributed by atoms with E-state index in [0.717, 1.165) is 11.3 Å². The molecule has 1 heterocycles. The Morgan fingerprint density at radius 2 is 1.96 bits per heavy atom. The molecule has 8 heteroatoms. The zero-order valence-corrected chi connectivity index (χ0v) is 14.0. The minimum Gasteiger partial charge on any atom is -0.435 e. The second-order valence-electron chi connectivity index (χ2n) is 5.15. The second kappa shape index (κ2) is 7.87. The number of aryl methyl sites for hydroxylation is 2. The van der Waals surface area contributed by atoms with Crippen LogP contribution in [0.15, 0.2) is 35.1 Å². The zero-order chi connectivity index (χ0) is 17.7. The molecule has 0 spiro atoms. The van der Waals surface area contributed by atoms with Crippen LogP contribution in [0.5, 0.6) is 5.75 Å². The summed E-state index contributed by atoms with van der Waals surface area (Å²) in [6.45, 7) is 1.10. The number of hydrogen-bond donors (Lipinski definition) is 3. The highest BCUT2D eigenvalue weighted by Crippen LogP contribution is 2.17. The van der Waals surface area contributed by atoms with Gasteiger partial charge in [0.05, 0.1) is 0 Å². The Kier molecular flexibility index (Phi) is 5.86. The van der Waals surface area contributed by atoms with E-state index in [1.807, 2.05) is 19.9 Å². The molecule has 128 valence electrons. The van der Waals surface area contributed by atoms with Gasteiger partial charge in [-0.05, 0) is 62.0 Å². The molecule has 0 atom stereocenters. The Labute approximate surface area is 143 Å². The quantitative estimate of drug-likeness (QED) is 0.721. The lowest BCUT2D eigenvalue weighted by Crippen LogP contribution is -2.31. The molecule has 2 aromatic rings. The second-order valence-corrected chi connectivity index (χ2v) is 5.56. The molecule has 3 N–H and O–H groups in total. The fourth-order valence-electron chi connectivity index (χ4n) is 2.16. The lowest BCUT2D eigenvalue weighted by molar-refractivity contribution is -0.0498. The Morgan fingerprint density at radius 3 is 2.54 bits per heavy atom. The highest BCUT2D eigenvalue weighted by atomic mass is 32.1. The van der Waals surface area contributed by atoms with Gasteiger partial charge in [-0.25, -0.2) is 0 Å². The van der Waals surface area contributed by atoms with Gasteiger partial charge in [-0.15, -0.1) is 0 Å². The smallest absolute Gasteiger partial charge is 0.387 e. The predicted molar refractivity (Wildman–Crippen MR) is 92.7 cm³/mol. The maximum Gasteiger partial charge on any atom is 0.387 e. The first-order valence-corrected chi connectivity index (χ1v) is 7.55. The topological polar surface area (TPSA) is 66.2 Å². The molecule has 0 unspecified atom stereocenters. The molecule has 0 aliphatic carbocycles. The van der Waals surface area contributed by atoms with E-state index in [4.69, 9.17) is 12.2 Å². The van der Waals surface area contributed by atoms with Gasteiger partial charge in [0.15, 0.2) is 5.11 Å². The van der Waals surface area contributed by atoms with Gasteiger partial charge in [0.2, 0.25) is 0 Å². The number of aromatic nitrogens is 1. The number of anilines is 1. The molecule has 24 heavy (non-hydrogen) atoms. The van der Waals surface area contributed by atoms with Crippen molar-refractivity contribution < 1.29 is 13.5 Å².